The second-order valence-electron chi connectivity index (χ2n) is 8.36. The third-order valence-electron chi connectivity index (χ3n) is 5.86. The fourth-order valence-electron chi connectivity index (χ4n) is 4.08. The first-order valence-corrected chi connectivity index (χ1v) is 12.7. The Morgan fingerprint density at radius 2 is 1.06 bits per heavy atom. The zero-order valence-electron chi connectivity index (χ0n) is 19.7. The third-order valence-corrected chi connectivity index (χ3v) is 7.11. The van der Waals surface area contributed by atoms with Crippen molar-refractivity contribution in [2.75, 3.05) is 39.4 Å². The van der Waals surface area contributed by atoms with E-state index in [-0.39, 0.29) is 25.0 Å². The van der Waals surface area contributed by atoms with Gasteiger partial charge in [0.05, 0.1) is 9.79 Å². The number of carbonyl (C=O) groups excluding carboxylic acids is 2. The minimum atomic E-state index is -0.190. The molecule has 0 radical (unpaired) electrons. The minimum absolute atomic E-state index is 0.0825. The monoisotopic (exact) mass is 501 g/mol. The molecule has 0 aliphatic carbocycles. The summed E-state index contributed by atoms with van der Waals surface area (Å²) in [6.45, 7) is 1.96. The van der Waals surface area contributed by atoms with Crippen molar-refractivity contribution in [1.82, 2.24) is 16.0 Å². The van der Waals surface area contributed by atoms with Crippen molar-refractivity contribution < 1.29 is 19.1 Å². The van der Waals surface area contributed by atoms with Crippen molar-refractivity contribution in [3.8, 4) is 11.5 Å². The molecule has 0 saturated carbocycles. The number of benzene rings is 4. The molecule has 1 aliphatic heterocycles. The second kappa shape index (κ2) is 11.3. The fraction of sp³-hybridized carbons (Fsp3) is 0.214. The maximum atomic E-state index is 12.4. The van der Waals surface area contributed by atoms with E-state index in [1.807, 2.05) is 72.8 Å². The van der Waals surface area contributed by atoms with Gasteiger partial charge < -0.3 is 25.4 Å². The van der Waals surface area contributed by atoms with E-state index in [9.17, 15) is 9.59 Å². The molecule has 0 spiro atoms. The lowest BCUT2D eigenvalue weighted by Gasteiger charge is -2.18. The Balaban J connectivity index is 1.59. The van der Waals surface area contributed by atoms with E-state index >= 15 is 0 Å². The summed E-state index contributed by atoms with van der Waals surface area (Å²) in [5.74, 6) is 0.850. The van der Waals surface area contributed by atoms with Crippen LogP contribution < -0.4 is 25.4 Å². The minimum Gasteiger partial charge on any atom is -0.483 e. The Morgan fingerprint density at radius 1 is 0.583 bits per heavy atom. The van der Waals surface area contributed by atoms with Crippen LogP contribution >= 0.6 is 11.8 Å². The van der Waals surface area contributed by atoms with Gasteiger partial charge in [-0.25, -0.2) is 0 Å². The Labute approximate surface area is 213 Å². The lowest BCUT2D eigenvalue weighted by molar-refractivity contribution is -0.123. The molecule has 36 heavy (non-hydrogen) atoms. The van der Waals surface area contributed by atoms with E-state index < -0.39 is 0 Å². The standard InChI is InChI=1S/C28H27N3O4S/c32-25-17-34-23-11-9-19-5-1-3-7-21(19)27(23)36-28-22-8-4-2-6-20(22)10-12-24(28)35-18-26(33)31-16-14-29-13-15-30-25/h1-12,29H,13-18H2,(H,30,32)(H,31,33). The summed E-state index contributed by atoms with van der Waals surface area (Å²) < 4.78 is 12.1. The van der Waals surface area contributed by atoms with Gasteiger partial charge in [0.15, 0.2) is 13.2 Å². The molecule has 0 fully saturated rings. The quantitative estimate of drug-likeness (QED) is 0.340. The van der Waals surface area contributed by atoms with Crippen LogP contribution in [0.3, 0.4) is 0 Å². The highest BCUT2D eigenvalue weighted by molar-refractivity contribution is 8.00. The van der Waals surface area contributed by atoms with Gasteiger partial charge in [0.1, 0.15) is 11.5 Å². The van der Waals surface area contributed by atoms with E-state index in [2.05, 4.69) is 16.0 Å². The summed E-state index contributed by atoms with van der Waals surface area (Å²) in [5.41, 5.74) is 0. The van der Waals surface area contributed by atoms with Gasteiger partial charge in [-0.15, -0.1) is 0 Å². The van der Waals surface area contributed by atoms with Crippen molar-refractivity contribution in [2.24, 2.45) is 0 Å². The molecule has 3 N–H and O–H groups in total. The zero-order valence-corrected chi connectivity index (χ0v) is 20.5. The molecular weight excluding hydrogens is 474 g/mol. The lowest BCUT2D eigenvalue weighted by atomic mass is 10.1. The van der Waals surface area contributed by atoms with Crippen LogP contribution in [0.5, 0.6) is 11.5 Å². The smallest absolute Gasteiger partial charge is 0.257 e. The van der Waals surface area contributed by atoms with E-state index in [0.29, 0.717) is 37.7 Å². The number of nitrogens with one attached hydrogen (secondary N) is 3. The van der Waals surface area contributed by atoms with Crippen LogP contribution in [0.1, 0.15) is 0 Å². The van der Waals surface area contributed by atoms with Crippen molar-refractivity contribution in [2.45, 2.75) is 9.79 Å². The largest absolute Gasteiger partial charge is 0.483 e. The second-order valence-corrected chi connectivity index (χ2v) is 9.38. The molecule has 4 aromatic carbocycles. The van der Waals surface area contributed by atoms with Crippen LogP contribution in [0.4, 0.5) is 0 Å². The van der Waals surface area contributed by atoms with Crippen LogP contribution in [-0.2, 0) is 9.59 Å². The molecule has 4 aromatic rings. The Bertz CT molecular complexity index is 1300. The highest BCUT2D eigenvalue weighted by Gasteiger charge is 2.18. The van der Waals surface area contributed by atoms with E-state index in [4.69, 9.17) is 9.47 Å². The average molecular weight is 502 g/mol. The number of fused-ring (bicyclic) bond motifs is 6. The fourth-order valence-corrected chi connectivity index (χ4v) is 5.33. The number of hydrogen-bond donors (Lipinski definition) is 3. The zero-order chi connectivity index (χ0) is 24.7. The Morgan fingerprint density at radius 3 is 1.56 bits per heavy atom. The van der Waals surface area contributed by atoms with E-state index in [0.717, 1.165) is 31.3 Å². The first-order valence-electron chi connectivity index (χ1n) is 11.9. The summed E-state index contributed by atoms with van der Waals surface area (Å²) in [6.07, 6.45) is 0. The summed E-state index contributed by atoms with van der Waals surface area (Å²) >= 11 is 1.52. The Kier molecular flexibility index (Phi) is 7.54. The van der Waals surface area contributed by atoms with Gasteiger partial charge in [0.25, 0.3) is 11.8 Å². The molecule has 2 amide bonds. The molecule has 5 rings (SSSR count). The maximum absolute atomic E-state index is 12.4. The number of ether oxygens (including phenoxy) is 2. The van der Waals surface area contributed by atoms with Crippen LogP contribution in [0, 0.1) is 0 Å². The first-order chi connectivity index (χ1) is 17.7. The SMILES string of the molecule is O=C1COc2ccc3ccccc3c2Sc2c(ccc3ccccc23)OCC(=O)NCCNCCN1. The number of hydrogen-bond acceptors (Lipinski definition) is 6. The molecule has 0 bridgehead atoms. The lowest BCUT2D eigenvalue weighted by Crippen LogP contribution is -2.38. The maximum Gasteiger partial charge on any atom is 0.257 e. The summed E-state index contributed by atoms with van der Waals surface area (Å²) in [6, 6.07) is 23.9. The summed E-state index contributed by atoms with van der Waals surface area (Å²) in [4.78, 5) is 26.6. The van der Waals surface area contributed by atoms with Crippen molar-refractivity contribution in [1.29, 1.82) is 0 Å². The van der Waals surface area contributed by atoms with Gasteiger partial charge in [-0.3, -0.25) is 9.59 Å². The molecule has 8 heteroatoms. The molecule has 7 nitrogen and oxygen atoms in total. The molecule has 0 unspecified atom stereocenters. The molecule has 0 saturated heterocycles. The number of rotatable bonds is 0. The van der Waals surface area contributed by atoms with Crippen molar-refractivity contribution in [3.05, 3.63) is 72.8 Å². The molecule has 1 heterocycles. The van der Waals surface area contributed by atoms with Gasteiger partial charge in [-0.1, -0.05) is 72.4 Å². The molecule has 184 valence electrons. The van der Waals surface area contributed by atoms with Crippen LogP contribution in [0.2, 0.25) is 0 Å². The predicted molar refractivity (Wildman–Crippen MR) is 142 cm³/mol. The van der Waals surface area contributed by atoms with Crippen LogP contribution in [-0.4, -0.2) is 51.2 Å². The number of amides is 2. The highest BCUT2D eigenvalue weighted by atomic mass is 32.2. The van der Waals surface area contributed by atoms with Gasteiger partial charge in [0, 0.05) is 26.2 Å². The molecule has 1 aliphatic rings. The normalized spacial score (nSPS) is 15.9. The van der Waals surface area contributed by atoms with Crippen molar-refractivity contribution >= 4 is 45.1 Å². The topological polar surface area (TPSA) is 88.7 Å². The molecular formula is C28H27N3O4S. The summed E-state index contributed by atoms with van der Waals surface area (Å²) in [5, 5.41) is 13.1. The third kappa shape index (κ3) is 5.56. The first kappa shape index (κ1) is 24.0. The van der Waals surface area contributed by atoms with Crippen LogP contribution in [0.25, 0.3) is 21.5 Å². The number of carbonyl (C=O) groups is 2. The van der Waals surface area contributed by atoms with E-state index in [1.54, 1.807) is 0 Å². The van der Waals surface area contributed by atoms with Gasteiger partial charge >= 0.3 is 0 Å². The van der Waals surface area contributed by atoms with Gasteiger partial charge in [-0.05, 0) is 33.7 Å². The highest BCUT2D eigenvalue weighted by Crippen LogP contribution is 2.46. The van der Waals surface area contributed by atoms with Gasteiger partial charge in [0.2, 0.25) is 0 Å². The van der Waals surface area contributed by atoms with Crippen LogP contribution in [0.15, 0.2) is 82.6 Å². The average Bonchev–Trinajstić information content (AvgIpc) is 2.91. The predicted octanol–water partition coefficient (Wildman–Crippen LogP) is 3.74. The summed E-state index contributed by atoms with van der Waals surface area (Å²) in [7, 11) is 0. The molecule has 0 atom stereocenters. The Hall–Kier alpha value is -3.75. The van der Waals surface area contributed by atoms with Gasteiger partial charge in [-0.2, -0.15) is 0 Å². The van der Waals surface area contributed by atoms with Crippen molar-refractivity contribution in [3.63, 3.8) is 0 Å². The van der Waals surface area contributed by atoms with E-state index in [1.165, 1.54) is 11.8 Å². The molecule has 0 aromatic heterocycles.